The lowest BCUT2D eigenvalue weighted by molar-refractivity contribution is -0.117. The van der Waals surface area contributed by atoms with Crippen molar-refractivity contribution < 1.29 is 14.3 Å². The van der Waals surface area contributed by atoms with Gasteiger partial charge in [-0.2, -0.15) is 0 Å². The number of methoxy groups -OCH3 is 1. The Labute approximate surface area is 209 Å². The number of H-pyrrole nitrogens is 1. The van der Waals surface area contributed by atoms with E-state index in [4.69, 9.17) is 9.73 Å². The molecule has 0 saturated heterocycles. The fourth-order valence-electron chi connectivity index (χ4n) is 5.92. The molecule has 6 rings (SSSR count). The number of para-hydroxylation sites is 1. The molecule has 3 aromatic carbocycles. The van der Waals surface area contributed by atoms with Crippen LogP contribution in [-0.2, 0) is 16.0 Å². The molecule has 0 fully saturated rings. The molecule has 2 atom stereocenters. The van der Waals surface area contributed by atoms with Crippen LogP contribution in [-0.4, -0.2) is 29.4 Å². The number of Topliss-reactive ketones (excluding diaryl/α,β-unsaturated/α-hetero) is 2. The highest BCUT2D eigenvalue weighted by atomic mass is 16.5. The molecular weight excluding hydrogens is 448 g/mol. The highest BCUT2D eigenvalue weighted by Gasteiger charge is 2.46. The van der Waals surface area contributed by atoms with Crippen LogP contribution >= 0.6 is 0 Å². The van der Waals surface area contributed by atoms with Crippen molar-refractivity contribution in [1.29, 1.82) is 0 Å². The highest BCUT2D eigenvalue weighted by Crippen LogP contribution is 2.48. The second-order valence-electron chi connectivity index (χ2n) is 9.52. The first kappa shape index (κ1) is 22.2. The Morgan fingerprint density at radius 1 is 1.00 bits per heavy atom. The summed E-state index contributed by atoms with van der Waals surface area (Å²) in [5.41, 5.74) is 5.65. The molecule has 1 aliphatic heterocycles. The first-order valence-corrected chi connectivity index (χ1v) is 12.1. The SMILES string of the molecule is COc1ccc2ccccc2c1C1C(C(C)=O)=C(C)N=C2C=C(Cc3c[nH]c4ccccc34)C(=O)C21. The Morgan fingerprint density at radius 3 is 2.53 bits per heavy atom. The molecule has 5 nitrogen and oxygen atoms in total. The molecule has 1 aromatic heterocycles. The van der Waals surface area contributed by atoms with Gasteiger partial charge in [-0.15, -0.1) is 0 Å². The molecule has 2 aliphatic rings. The van der Waals surface area contributed by atoms with Crippen molar-refractivity contribution in [1.82, 2.24) is 4.98 Å². The molecule has 1 N–H and O–H groups in total. The average Bonchev–Trinajstić information content (AvgIpc) is 3.43. The van der Waals surface area contributed by atoms with Crippen LogP contribution in [0.1, 0.15) is 30.9 Å². The molecule has 2 heterocycles. The largest absolute Gasteiger partial charge is 0.496 e. The van der Waals surface area contributed by atoms with E-state index < -0.39 is 11.8 Å². The normalized spacial score (nSPS) is 19.5. The number of ether oxygens (including phenoxy) is 1. The molecule has 0 spiro atoms. The Hall–Kier alpha value is -4.25. The van der Waals surface area contributed by atoms with Crippen molar-refractivity contribution in [2.24, 2.45) is 10.9 Å². The van der Waals surface area contributed by atoms with E-state index in [0.29, 0.717) is 29.0 Å². The van der Waals surface area contributed by atoms with E-state index >= 15 is 0 Å². The second kappa shape index (κ2) is 8.45. The van der Waals surface area contributed by atoms with Crippen molar-refractivity contribution in [3.8, 4) is 5.75 Å². The summed E-state index contributed by atoms with van der Waals surface area (Å²) in [6.45, 7) is 3.42. The maximum absolute atomic E-state index is 14.1. The van der Waals surface area contributed by atoms with E-state index in [9.17, 15) is 9.59 Å². The number of aliphatic imine (C=N–C) groups is 1. The molecule has 2 unspecified atom stereocenters. The predicted octanol–water partition coefficient (Wildman–Crippen LogP) is 6.10. The number of benzene rings is 3. The number of allylic oxidation sites excluding steroid dienone is 4. The lowest BCUT2D eigenvalue weighted by Gasteiger charge is -2.31. The van der Waals surface area contributed by atoms with E-state index in [2.05, 4.69) is 11.1 Å². The Balaban J connectivity index is 1.51. The number of fused-ring (bicyclic) bond motifs is 3. The molecule has 0 saturated carbocycles. The molecule has 0 radical (unpaired) electrons. The van der Waals surface area contributed by atoms with E-state index in [1.807, 2.05) is 73.8 Å². The van der Waals surface area contributed by atoms with Crippen molar-refractivity contribution in [2.75, 3.05) is 7.11 Å². The standard InChI is InChI=1S/C31H26N2O3/c1-17-27(18(2)34)30(28-23-10-5-4-8-19(23)12-13-26(28)36-3)29-25(33-17)15-20(31(29)35)14-21-16-32-24-11-7-6-9-22(21)24/h4-13,15-16,29-30,32H,14H2,1-3H3. The topological polar surface area (TPSA) is 71.5 Å². The zero-order valence-electron chi connectivity index (χ0n) is 20.5. The van der Waals surface area contributed by atoms with Gasteiger partial charge in [-0.1, -0.05) is 48.5 Å². The van der Waals surface area contributed by atoms with Gasteiger partial charge in [-0.05, 0) is 48.4 Å². The number of hydrogen-bond acceptors (Lipinski definition) is 4. The molecule has 5 heteroatoms. The van der Waals surface area contributed by atoms with Gasteiger partial charge < -0.3 is 9.72 Å². The van der Waals surface area contributed by atoms with Crippen molar-refractivity contribution in [3.63, 3.8) is 0 Å². The summed E-state index contributed by atoms with van der Waals surface area (Å²) in [4.78, 5) is 35.2. The first-order valence-electron chi connectivity index (χ1n) is 12.1. The average molecular weight is 475 g/mol. The third kappa shape index (κ3) is 3.34. The summed E-state index contributed by atoms with van der Waals surface area (Å²) in [5.74, 6) is -0.421. The van der Waals surface area contributed by atoms with Crippen LogP contribution in [0.2, 0.25) is 0 Å². The van der Waals surface area contributed by atoms with Crippen molar-refractivity contribution in [2.45, 2.75) is 26.2 Å². The fourth-order valence-corrected chi connectivity index (χ4v) is 5.92. The van der Waals surface area contributed by atoms with Gasteiger partial charge in [0.1, 0.15) is 5.75 Å². The van der Waals surface area contributed by atoms with Gasteiger partial charge in [0.2, 0.25) is 0 Å². The number of aromatic amines is 1. The van der Waals surface area contributed by atoms with Crippen molar-refractivity contribution in [3.05, 3.63) is 101 Å². The number of ketones is 2. The predicted molar refractivity (Wildman–Crippen MR) is 143 cm³/mol. The Bertz CT molecular complexity index is 1670. The van der Waals surface area contributed by atoms with E-state index in [1.165, 1.54) is 0 Å². The second-order valence-corrected chi connectivity index (χ2v) is 9.52. The summed E-state index contributed by atoms with van der Waals surface area (Å²) in [6.07, 6.45) is 4.41. The summed E-state index contributed by atoms with van der Waals surface area (Å²) < 4.78 is 5.81. The summed E-state index contributed by atoms with van der Waals surface area (Å²) >= 11 is 0. The molecule has 1 aliphatic carbocycles. The number of carbonyl (C=O) groups is 2. The van der Waals surface area contributed by atoms with Gasteiger partial charge >= 0.3 is 0 Å². The van der Waals surface area contributed by atoms with E-state index in [0.717, 1.165) is 38.5 Å². The third-order valence-electron chi connectivity index (χ3n) is 7.47. The minimum absolute atomic E-state index is 0.0188. The van der Waals surface area contributed by atoms with Gasteiger partial charge in [0, 0.05) is 51.8 Å². The van der Waals surface area contributed by atoms with Crippen LogP contribution in [0.5, 0.6) is 5.75 Å². The van der Waals surface area contributed by atoms with Crippen LogP contribution in [0.15, 0.2) is 94.8 Å². The monoisotopic (exact) mass is 474 g/mol. The lowest BCUT2D eigenvalue weighted by Crippen LogP contribution is -2.32. The van der Waals surface area contributed by atoms with Crippen LogP contribution in [0.3, 0.4) is 0 Å². The van der Waals surface area contributed by atoms with Crippen molar-refractivity contribution >= 4 is 39.0 Å². The third-order valence-corrected chi connectivity index (χ3v) is 7.47. The maximum atomic E-state index is 14.1. The summed E-state index contributed by atoms with van der Waals surface area (Å²) in [5, 5.41) is 3.12. The van der Waals surface area contributed by atoms with Gasteiger partial charge in [-0.25, -0.2) is 0 Å². The maximum Gasteiger partial charge on any atom is 0.169 e. The molecule has 36 heavy (non-hydrogen) atoms. The molecule has 4 aromatic rings. The highest BCUT2D eigenvalue weighted by molar-refractivity contribution is 6.26. The van der Waals surface area contributed by atoms with Crippen LogP contribution < -0.4 is 4.74 Å². The minimum atomic E-state index is -0.562. The minimum Gasteiger partial charge on any atom is -0.496 e. The molecule has 0 bridgehead atoms. The Morgan fingerprint density at radius 2 is 1.75 bits per heavy atom. The summed E-state index contributed by atoms with van der Waals surface area (Å²) in [7, 11) is 1.63. The number of nitrogens with zero attached hydrogens (tertiary/aromatic N) is 1. The number of rotatable bonds is 5. The first-order chi connectivity index (χ1) is 17.5. The number of carbonyl (C=O) groups excluding carboxylic acids is 2. The lowest BCUT2D eigenvalue weighted by atomic mass is 9.72. The van der Waals surface area contributed by atoms with E-state index in [1.54, 1.807) is 14.0 Å². The van der Waals surface area contributed by atoms with Crippen LogP contribution in [0, 0.1) is 5.92 Å². The number of hydrogen-bond donors (Lipinski definition) is 1. The van der Waals surface area contributed by atoms with Crippen LogP contribution in [0.25, 0.3) is 21.7 Å². The molecular formula is C31H26N2O3. The van der Waals surface area contributed by atoms with Gasteiger partial charge in [0.05, 0.1) is 18.7 Å². The molecule has 178 valence electrons. The van der Waals surface area contributed by atoms with E-state index in [-0.39, 0.29) is 11.6 Å². The zero-order chi connectivity index (χ0) is 25.0. The van der Waals surface area contributed by atoms with Crippen LogP contribution in [0.4, 0.5) is 0 Å². The summed E-state index contributed by atoms with van der Waals surface area (Å²) in [6, 6.07) is 20.1. The molecule has 0 amide bonds. The Kier molecular flexibility index (Phi) is 5.22. The van der Waals surface area contributed by atoms with Gasteiger partial charge in [0.15, 0.2) is 11.6 Å². The fraction of sp³-hybridized carbons (Fsp3) is 0.194. The van der Waals surface area contributed by atoms with Gasteiger partial charge in [-0.3, -0.25) is 14.6 Å². The zero-order valence-corrected chi connectivity index (χ0v) is 20.5. The smallest absolute Gasteiger partial charge is 0.169 e. The quantitative estimate of drug-likeness (QED) is 0.380. The van der Waals surface area contributed by atoms with Gasteiger partial charge in [0.25, 0.3) is 0 Å². The number of nitrogens with one attached hydrogen (secondary N) is 1. The number of aromatic nitrogens is 1.